The highest BCUT2D eigenvalue weighted by Crippen LogP contribution is 2.09. The van der Waals surface area contributed by atoms with Crippen molar-refractivity contribution in [2.75, 3.05) is 20.0 Å². The third-order valence-electron chi connectivity index (χ3n) is 3.85. The first-order chi connectivity index (χ1) is 11.4. The summed E-state index contributed by atoms with van der Waals surface area (Å²) in [7, 11) is 0. The van der Waals surface area contributed by atoms with Crippen molar-refractivity contribution in [2.45, 2.75) is 90.9 Å². The topological polar surface area (TPSA) is 18.5 Å². The molecule has 136 valence electrons. The lowest BCUT2D eigenvalue weighted by Crippen LogP contribution is -1.99. The summed E-state index contributed by atoms with van der Waals surface area (Å²) in [6, 6.07) is 0. The van der Waals surface area contributed by atoms with Crippen molar-refractivity contribution in [1.82, 2.24) is 0 Å². The molecule has 0 atom stereocenters. The molecule has 2 heteroatoms. The standard InChI is InChI=1S/C21H40O2/c1-3-5-6-7-8-9-10-11-12-13-14-15-16-17-18-19-20-23-21-22-4-2/h7-8,17-18H,3-6,9-16,19-21H2,1-2H3/b8-7+,18-17+. The van der Waals surface area contributed by atoms with Gasteiger partial charge in [-0.1, -0.05) is 69.8 Å². The van der Waals surface area contributed by atoms with Gasteiger partial charge in [0.05, 0.1) is 6.61 Å². The van der Waals surface area contributed by atoms with Crippen molar-refractivity contribution in [3.05, 3.63) is 24.3 Å². The van der Waals surface area contributed by atoms with E-state index < -0.39 is 0 Å². The van der Waals surface area contributed by atoms with Crippen molar-refractivity contribution in [3.8, 4) is 0 Å². The number of allylic oxidation sites excluding steroid dienone is 3. The van der Waals surface area contributed by atoms with Gasteiger partial charge in [-0.25, -0.2) is 0 Å². The summed E-state index contributed by atoms with van der Waals surface area (Å²) in [5.74, 6) is 0. The largest absolute Gasteiger partial charge is 0.356 e. The van der Waals surface area contributed by atoms with Gasteiger partial charge in [-0.05, 0) is 45.4 Å². The number of hydrogen-bond acceptors (Lipinski definition) is 2. The number of ether oxygens (including phenoxy) is 2. The maximum Gasteiger partial charge on any atom is 0.146 e. The summed E-state index contributed by atoms with van der Waals surface area (Å²) in [5, 5.41) is 0. The summed E-state index contributed by atoms with van der Waals surface area (Å²) < 4.78 is 10.4. The van der Waals surface area contributed by atoms with Crippen molar-refractivity contribution < 1.29 is 9.47 Å². The summed E-state index contributed by atoms with van der Waals surface area (Å²) >= 11 is 0. The van der Waals surface area contributed by atoms with Crippen LogP contribution in [0.4, 0.5) is 0 Å². The van der Waals surface area contributed by atoms with Crippen molar-refractivity contribution in [3.63, 3.8) is 0 Å². The van der Waals surface area contributed by atoms with E-state index in [4.69, 9.17) is 9.47 Å². The van der Waals surface area contributed by atoms with Crippen LogP contribution < -0.4 is 0 Å². The quantitative estimate of drug-likeness (QED) is 0.157. The molecule has 0 heterocycles. The molecule has 0 bridgehead atoms. The van der Waals surface area contributed by atoms with Crippen LogP contribution in [0.25, 0.3) is 0 Å². The van der Waals surface area contributed by atoms with Gasteiger partial charge in [0.1, 0.15) is 6.79 Å². The van der Waals surface area contributed by atoms with Crippen molar-refractivity contribution in [1.29, 1.82) is 0 Å². The van der Waals surface area contributed by atoms with Gasteiger partial charge in [-0.3, -0.25) is 0 Å². The predicted molar refractivity (Wildman–Crippen MR) is 102 cm³/mol. The van der Waals surface area contributed by atoms with Crippen LogP contribution in [-0.4, -0.2) is 20.0 Å². The lowest BCUT2D eigenvalue weighted by atomic mass is 10.1. The predicted octanol–water partition coefficient (Wildman–Crippen LogP) is 6.81. The van der Waals surface area contributed by atoms with Crippen LogP contribution in [-0.2, 0) is 9.47 Å². The molecule has 0 saturated carbocycles. The van der Waals surface area contributed by atoms with E-state index in [1.165, 1.54) is 70.6 Å². The lowest BCUT2D eigenvalue weighted by Gasteiger charge is -2.01. The van der Waals surface area contributed by atoms with Crippen LogP contribution >= 0.6 is 0 Å². The zero-order valence-electron chi connectivity index (χ0n) is 15.7. The Labute approximate surface area is 145 Å². The van der Waals surface area contributed by atoms with Crippen LogP contribution in [0.15, 0.2) is 24.3 Å². The minimum atomic E-state index is 0.429. The molecule has 23 heavy (non-hydrogen) atoms. The summed E-state index contributed by atoms with van der Waals surface area (Å²) in [4.78, 5) is 0. The van der Waals surface area contributed by atoms with Gasteiger partial charge in [0.25, 0.3) is 0 Å². The second kappa shape index (κ2) is 21.4. The second-order valence-electron chi connectivity index (χ2n) is 6.09. The van der Waals surface area contributed by atoms with Gasteiger partial charge in [-0.2, -0.15) is 0 Å². The molecular formula is C21H40O2. The maximum atomic E-state index is 5.31. The Balaban J connectivity index is 3.08. The molecule has 2 nitrogen and oxygen atoms in total. The monoisotopic (exact) mass is 324 g/mol. The highest BCUT2D eigenvalue weighted by Gasteiger charge is 1.90. The van der Waals surface area contributed by atoms with Crippen LogP contribution in [0.1, 0.15) is 90.9 Å². The Kier molecular flexibility index (Phi) is 20.8. The van der Waals surface area contributed by atoms with E-state index in [1.807, 2.05) is 6.92 Å². The van der Waals surface area contributed by atoms with Gasteiger partial charge in [0, 0.05) is 6.61 Å². The average molecular weight is 325 g/mol. The normalized spacial score (nSPS) is 11.9. The van der Waals surface area contributed by atoms with E-state index in [9.17, 15) is 0 Å². The van der Waals surface area contributed by atoms with Crippen LogP contribution in [0, 0.1) is 0 Å². The molecule has 0 unspecified atom stereocenters. The van der Waals surface area contributed by atoms with Crippen LogP contribution in [0.2, 0.25) is 0 Å². The molecule has 0 N–H and O–H groups in total. The molecule has 0 aromatic carbocycles. The smallest absolute Gasteiger partial charge is 0.146 e. The van der Waals surface area contributed by atoms with E-state index in [0.717, 1.165) is 19.6 Å². The van der Waals surface area contributed by atoms with E-state index in [-0.39, 0.29) is 0 Å². The molecule has 0 aliphatic heterocycles. The number of unbranched alkanes of at least 4 members (excludes halogenated alkanes) is 9. The third-order valence-corrected chi connectivity index (χ3v) is 3.85. The first-order valence-electron chi connectivity index (χ1n) is 9.87. The molecule has 0 rings (SSSR count). The molecule has 0 spiro atoms. The molecule has 0 fully saturated rings. The SMILES string of the molecule is CCCC/C=C/CCCCCCCC/C=C/CCOCOCC. The molecule has 0 aromatic heterocycles. The molecule has 0 saturated heterocycles. The van der Waals surface area contributed by atoms with Gasteiger partial charge in [0.15, 0.2) is 0 Å². The number of rotatable bonds is 18. The minimum absolute atomic E-state index is 0.429. The fraction of sp³-hybridized carbons (Fsp3) is 0.810. The van der Waals surface area contributed by atoms with Gasteiger partial charge in [0.2, 0.25) is 0 Å². The second-order valence-corrected chi connectivity index (χ2v) is 6.09. The summed E-state index contributed by atoms with van der Waals surface area (Å²) in [6.07, 6.45) is 24.9. The summed E-state index contributed by atoms with van der Waals surface area (Å²) in [6.45, 7) is 6.16. The van der Waals surface area contributed by atoms with Crippen molar-refractivity contribution >= 4 is 0 Å². The van der Waals surface area contributed by atoms with E-state index in [0.29, 0.717) is 6.79 Å². The molecular weight excluding hydrogens is 284 g/mol. The van der Waals surface area contributed by atoms with Crippen LogP contribution in [0.5, 0.6) is 0 Å². The Morgan fingerprint density at radius 3 is 1.65 bits per heavy atom. The first kappa shape index (κ1) is 22.4. The average Bonchev–Trinajstić information content (AvgIpc) is 2.57. The number of hydrogen-bond donors (Lipinski definition) is 0. The Bertz CT molecular complexity index is 259. The molecule has 0 aromatic rings. The Morgan fingerprint density at radius 2 is 1.09 bits per heavy atom. The first-order valence-corrected chi connectivity index (χ1v) is 9.87. The Morgan fingerprint density at radius 1 is 0.565 bits per heavy atom. The molecule has 0 amide bonds. The molecule has 0 aliphatic rings. The lowest BCUT2D eigenvalue weighted by molar-refractivity contribution is -0.0476. The highest BCUT2D eigenvalue weighted by atomic mass is 16.7. The highest BCUT2D eigenvalue weighted by molar-refractivity contribution is 4.81. The van der Waals surface area contributed by atoms with Gasteiger partial charge >= 0.3 is 0 Å². The van der Waals surface area contributed by atoms with Crippen molar-refractivity contribution in [2.24, 2.45) is 0 Å². The third kappa shape index (κ3) is 21.4. The van der Waals surface area contributed by atoms with E-state index in [2.05, 4.69) is 31.2 Å². The van der Waals surface area contributed by atoms with Crippen LogP contribution in [0.3, 0.4) is 0 Å². The zero-order chi connectivity index (χ0) is 16.8. The van der Waals surface area contributed by atoms with Gasteiger partial charge < -0.3 is 9.47 Å². The fourth-order valence-electron chi connectivity index (χ4n) is 2.38. The van der Waals surface area contributed by atoms with Gasteiger partial charge in [-0.15, -0.1) is 0 Å². The summed E-state index contributed by atoms with van der Waals surface area (Å²) in [5.41, 5.74) is 0. The molecule has 0 radical (unpaired) electrons. The zero-order valence-corrected chi connectivity index (χ0v) is 15.7. The maximum absolute atomic E-state index is 5.31. The molecule has 0 aliphatic carbocycles. The van der Waals surface area contributed by atoms with E-state index in [1.54, 1.807) is 0 Å². The van der Waals surface area contributed by atoms with E-state index >= 15 is 0 Å². The fourth-order valence-corrected chi connectivity index (χ4v) is 2.38. The minimum Gasteiger partial charge on any atom is -0.356 e. The Hall–Kier alpha value is -0.600.